The van der Waals surface area contributed by atoms with E-state index >= 15 is 0 Å². The van der Waals surface area contributed by atoms with E-state index in [2.05, 4.69) is 10.1 Å². The van der Waals surface area contributed by atoms with Crippen molar-refractivity contribution in [3.63, 3.8) is 0 Å². The molecule has 0 N–H and O–H groups in total. The average Bonchev–Trinajstić information content (AvgIpc) is 3.16. The topological polar surface area (TPSA) is 89.4 Å². The molecule has 1 aromatic carbocycles. The highest BCUT2D eigenvalue weighted by molar-refractivity contribution is 5.75. The molecule has 0 radical (unpaired) electrons. The lowest BCUT2D eigenvalue weighted by Gasteiger charge is -2.24. The third-order valence-corrected chi connectivity index (χ3v) is 4.26. The zero-order chi connectivity index (χ0) is 17.6. The summed E-state index contributed by atoms with van der Waals surface area (Å²) in [6.45, 7) is 1.41. The van der Waals surface area contributed by atoms with Gasteiger partial charge in [-0.3, -0.25) is 9.36 Å². The van der Waals surface area contributed by atoms with Gasteiger partial charge in [-0.25, -0.2) is 9.48 Å². The summed E-state index contributed by atoms with van der Waals surface area (Å²) in [5, 5.41) is 4.31. The number of anilines is 1. The Balaban J connectivity index is 1.60. The summed E-state index contributed by atoms with van der Waals surface area (Å²) in [6, 6.07) is 8.08. The monoisotopic (exact) mass is 342 g/mol. The van der Waals surface area contributed by atoms with Gasteiger partial charge in [-0.05, 0) is 12.1 Å². The molecular weight excluding hydrogens is 324 g/mol. The van der Waals surface area contributed by atoms with Gasteiger partial charge in [-0.15, -0.1) is 0 Å². The van der Waals surface area contributed by atoms with Gasteiger partial charge in [-0.2, -0.15) is 10.1 Å². The van der Waals surface area contributed by atoms with Crippen LogP contribution in [0.4, 0.5) is 6.01 Å². The molecule has 0 atom stereocenters. The number of fused-ring (bicyclic) bond motifs is 2. The molecule has 9 nitrogen and oxygen atoms in total. The predicted molar refractivity (Wildman–Crippen MR) is 90.2 cm³/mol. The largest absolute Gasteiger partial charge is 0.423 e. The van der Waals surface area contributed by atoms with Gasteiger partial charge in [0.1, 0.15) is 12.1 Å². The summed E-state index contributed by atoms with van der Waals surface area (Å²) < 4.78 is 8.60. The third kappa shape index (κ3) is 2.67. The van der Waals surface area contributed by atoms with E-state index in [4.69, 9.17) is 4.42 Å². The quantitative estimate of drug-likeness (QED) is 0.680. The predicted octanol–water partition coefficient (Wildman–Crippen LogP) is 0.294. The second-order valence-electron chi connectivity index (χ2n) is 6.18. The molecule has 3 aromatic rings. The third-order valence-electron chi connectivity index (χ3n) is 4.26. The zero-order valence-electron chi connectivity index (χ0n) is 14.0. The number of likely N-dealkylation sites (N-methyl/N-ethyl adjacent to an activating group) is 1. The van der Waals surface area contributed by atoms with Gasteiger partial charge < -0.3 is 14.2 Å². The molecule has 0 bridgehead atoms. The fourth-order valence-corrected chi connectivity index (χ4v) is 2.83. The Bertz CT molecular complexity index is 966. The molecule has 25 heavy (non-hydrogen) atoms. The van der Waals surface area contributed by atoms with Crippen LogP contribution in [0.1, 0.15) is 5.82 Å². The van der Waals surface area contributed by atoms with E-state index < -0.39 is 0 Å². The minimum absolute atomic E-state index is 0.0608. The van der Waals surface area contributed by atoms with Gasteiger partial charge in [0.2, 0.25) is 5.91 Å². The molecule has 3 heterocycles. The SMILES string of the molecule is CN(C)C(=O)Cn1nc2n(c1=O)CCN(c1nc3ccccc3o1)C2. The van der Waals surface area contributed by atoms with Gasteiger partial charge in [0.15, 0.2) is 11.4 Å². The summed E-state index contributed by atoms with van der Waals surface area (Å²) in [5.74, 6) is 0.429. The van der Waals surface area contributed by atoms with Crippen molar-refractivity contribution < 1.29 is 9.21 Å². The van der Waals surface area contributed by atoms with Gasteiger partial charge >= 0.3 is 5.69 Å². The average molecular weight is 342 g/mol. The number of para-hydroxylation sites is 2. The molecule has 1 amide bonds. The van der Waals surface area contributed by atoms with E-state index in [0.29, 0.717) is 31.5 Å². The second-order valence-corrected chi connectivity index (χ2v) is 6.18. The summed E-state index contributed by atoms with van der Waals surface area (Å²) >= 11 is 0. The van der Waals surface area contributed by atoms with Crippen molar-refractivity contribution in [2.75, 3.05) is 25.5 Å². The van der Waals surface area contributed by atoms with Crippen LogP contribution in [0.15, 0.2) is 33.5 Å². The minimum Gasteiger partial charge on any atom is -0.423 e. The van der Waals surface area contributed by atoms with Crippen molar-refractivity contribution in [2.45, 2.75) is 19.6 Å². The first-order valence-electron chi connectivity index (χ1n) is 8.00. The van der Waals surface area contributed by atoms with Gasteiger partial charge in [0.05, 0.1) is 6.54 Å². The van der Waals surface area contributed by atoms with Gasteiger partial charge in [-0.1, -0.05) is 12.1 Å². The molecule has 1 aliphatic rings. The number of nitrogens with zero attached hydrogens (tertiary/aromatic N) is 6. The number of benzene rings is 1. The summed E-state index contributed by atoms with van der Waals surface area (Å²) in [4.78, 5) is 32.1. The van der Waals surface area contributed by atoms with Crippen LogP contribution in [0.3, 0.4) is 0 Å². The van der Waals surface area contributed by atoms with Gasteiger partial charge in [0, 0.05) is 27.2 Å². The Hall–Kier alpha value is -3.10. The Morgan fingerprint density at radius 3 is 2.84 bits per heavy atom. The van der Waals surface area contributed by atoms with E-state index in [9.17, 15) is 9.59 Å². The number of rotatable bonds is 3. The van der Waals surface area contributed by atoms with Crippen molar-refractivity contribution in [3.05, 3.63) is 40.6 Å². The van der Waals surface area contributed by atoms with E-state index in [1.54, 1.807) is 18.7 Å². The Morgan fingerprint density at radius 2 is 2.08 bits per heavy atom. The Kier molecular flexibility index (Phi) is 3.56. The van der Waals surface area contributed by atoms with Crippen molar-refractivity contribution in [1.82, 2.24) is 24.2 Å². The van der Waals surface area contributed by atoms with Crippen LogP contribution >= 0.6 is 0 Å². The van der Waals surface area contributed by atoms with Crippen LogP contribution in [0.25, 0.3) is 11.1 Å². The van der Waals surface area contributed by atoms with E-state index in [1.165, 1.54) is 9.58 Å². The first-order chi connectivity index (χ1) is 12.0. The molecule has 0 unspecified atom stereocenters. The molecule has 130 valence electrons. The normalized spacial score (nSPS) is 13.9. The maximum absolute atomic E-state index is 12.4. The fourth-order valence-electron chi connectivity index (χ4n) is 2.83. The second kappa shape index (κ2) is 5.76. The van der Waals surface area contributed by atoms with Crippen LogP contribution in [0.5, 0.6) is 0 Å². The first kappa shape index (κ1) is 15.4. The zero-order valence-corrected chi connectivity index (χ0v) is 14.0. The lowest BCUT2D eigenvalue weighted by molar-refractivity contribution is -0.129. The van der Waals surface area contributed by atoms with Crippen LogP contribution in [0.2, 0.25) is 0 Å². The van der Waals surface area contributed by atoms with Crippen LogP contribution in [0, 0.1) is 0 Å². The molecule has 0 fully saturated rings. The molecule has 9 heteroatoms. The number of hydrogen-bond donors (Lipinski definition) is 0. The Morgan fingerprint density at radius 1 is 1.28 bits per heavy atom. The number of oxazole rings is 1. The number of amides is 1. The van der Waals surface area contributed by atoms with Gasteiger partial charge in [0.25, 0.3) is 6.01 Å². The van der Waals surface area contributed by atoms with Crippen molar-refractivity contribution in [1.29, 1.82) is 0 Å². The number of hydrogen-bond acceptors (Lipinski definition) is 6. The maximum atomic E-state index is 12.4. The van der Waals surface area contributed by atoms with Crippen molar-refractivity contribution in [2.24, 2.45) is 0 Å². The van der Waals surface area contributed by atoms with E-state index in [-0.39, 0.29) is 18.1 Å². The standard InChI is InChI=1S/C16H18N6O3/c1-19(2)14(23)10-22-16(24)21-8-7-20(9-13(21)18-22)15-17-11-5-3-4-6-12(11)25-15/h3-6H,7-10H2,1-2H3. The van der Waals surface area contributed by atoms with E-state index in [1.807, 2.05) is 29.2 Å². The molecule has 0 spiro atoms. The summed E-state index contributed by atoms with van der Waals surface area (Å²) in [6.07, 6.45) is 0. The first-order valence-corrected chi connectivity index (χ1v) is 8.00. The molecule has 0 saturated carbocycles. The van der Waals surface area contributed by atoms with Crippen molar-refractivity contribution in [3.8, 4) is 0 Å². The van der Waals surface area contributed by atoms with E-state index in [0.717, 1.165) is 11.1 Å². The molecular formula is C16H18N6O3. The lowest BCUT2D eigenvalue weighted by atomic mass is 10.3. The molecule has 4 rings (SSSR count). The highest BCUT2D eigenvalue weighted by Crippen LogP contribution is 2.24. The molecule has 0 saturated heterocycles. The van der Waals surface area contributed by atoms with Crippen LogP contribution in [-0.4, -0.2) is 50.8 Å². The lowest BCUT2D eigenvalue weighted by Crippen LogP contribution is -2.38. The number of carbonyl (C=O) groups excluding carboxylic acids is 1. The smallest absolute Gasteiger partial charge is 0.346 e. The maximum Gasteiger partial charge on any atom is 0.346 e. The highest BCUT2D eigenvalue weighted by atomic mass is 16.4. The Labute approximate surface area is 143 Å². The van der Waals surface area contributed by atoms with Crippen LogP contribution < -0.4 is 10.6 Å². The van der Waals surface area contributed by atoms with Crippen LogP contribution in [-0.2, 0) is 24.4 Å². The summed E-state index contributed by atoms with van der Waals surface area (Å²) in [7, 11) is 3.30. The fraction of sp³-hybridized carbons (Fsp3) is 0.375. The minimum atomic E-state index is -0.262. The van der Waals surface area contributed by atoms with Crippen molar-refractivity contribution >= 4 is 23.0 Å². The number of aromatic nitrogens is 4. The molecule has 2 aromatic heterocycles. The molecule has 0 aliphatic carbocycles. The summed E-state index contributed by atoms with van der Waals surface area (Å²) in [5.41, 5.74) is 1.26. The molecule has 1 aliphatic heterocycles. The number of carbonyl (C=O) groups is 1. The highest BCUT2D eigenvalue weighted by Gasteiger charge is 2.25.